The van der Waals surface area contributed by atoms with E-state index in [1.165, 1.54) is 29.4 Å². The van der Waals surface area contributed by atoms with E-state index < -0.39 is 6.16 Å². The van der Waals surface area contributed by atoms with Crippen molar-refractivity contribution in [2.24, 2.45) is 0 Å². The van der Waals surface area contributed by atoms with Crippen LogP contribution in [-0.2, 0) is 9.47 Å². The van der Waals surface area contributed by atoms with Gasteiger partial charge in [0.2, 0.25) is 0 Å². The van der Waals surface area contributed by atoms with E-state index in [0.717, 1.165) is 6.42 Å². The van der Waals surface area contributed by atoms with Crippen molar-refractivity contribution in [2.45, 2.75) is 38.3 Å². The molecule has 0 aliphatic carbocycles. The maximum absolute atomic E-state index is 11.4. The molecule has 25 heavy (non-hydrogen) atoms. The minimum atomic E-state index is -0.616. The highest BCUT2D eigenvalue weighted by molar-refractivity contribution is 5.59. The van der Waals surface area contributed by atoms with Gasteiger partial charge in [0.1, 0.15) is 6.10 Å². The van der Waals surface area contributed by atoms with Gasteiger partial charge in [-0.15, -0.1) is 0 Å². The molecule has 1 saturated heterocycles. The quantitative estimate of drug-likeness (QED) is 0.857. The third-order valence-corrected chi connectivity index (χ3v) is 4.83. The maximum atomic E-state index is 11.4. The SMILES string of the molecule is COC(=O)O[C@H]1CNC(C(c2ccc(C)cc2)c2ccc(C)cc2)C1. The lowest BCUT2D eigenvalue weighted by Gasteiger charge is -2.25. The summed E-state index contributed by atoms with van der Waals surface area (Å²) >= 11 is 0. The molecular formula is C21H25NO3. The molecule has 2 aromatic rings. The second kappa shape index (κ2) is 7.70. The highest BCUT2D eigenvalue weighted by Gasteiger charge is 2.34. The molecule has 0 saturated carbocycles. The predicted molar refractivity (Wildman–Crippen MR) is 97.9 cm³/mol. The van der Waals surface area contributed by atoms with Crippen molar-refractivity contribution < 1.29 is 14.3 Å². The molecule has 1 aliphatic rings. The van der Waals surface area contributed by atoms with Crippen LogP contribution in [0, 0.1) is 13.8 Å². The Bertz CT molecular complexity index is 663. The highest BCUT2D eigenvalue weighted by atomic mass is 16.7. The van der Waals surface area contributed by atoms with E-state index >= 15 is 0 Å². The molecule has 2 atom stereocenters. The van der Waals surface area contributed by atoms with Crippen molar-refractivity contribution >= 4 is 6.16 Å². The van der Waals surface area contributed by atoms with E-state index in [1.54, 1.807) is 0 Å². The van der Waals surface area contributed by atoms with Crippen LogP contribution in [0.25, 0.3) is 0 Å². The van der Waals surface area contributed by atoms with Crippen molar-refractivity contribution in [3.63, 3.8) is 0 Å². The Morgan fingerprint density at radius 3 is 2.00 bits per heavy atom. The molecule has 4 heteroatoms. The Balaban J connectivity index is 1.85. The number of nitrogens with one attached hydrogen (secondary N) is 1. The average Bonchev–Trinajstić information content (AvgIpc) is 3.06. The van der Waals surface area contributed by atoms with Gasteiger partial charge in [0.05, 0.1) is 7.11 Å². The summed E-state index contributed by atoms with van der Waals surface area (Å²) in [5.74, 6) is 0.215. The monoisotopic (exact) mass is 339 g/mol. The topological polar surface area (TPSA) is 47.6 Å². The molecule has 0 spiro atoms. The normalized spacial score (nSPS) is 19.8. The first-order valence-electron chi connectivity index (χ1n) is 8.68. The van der Waals surface area contributed by atoms with Crippen LogP contribution in [-0.4, -0.2) is 32.0 Å². The Labute approximate surface area is 149 Å². The van der Waals surface area contributed by atoms with Crippen molar-refractivity contribution in [3.8, 4) is 0 Å². The first-order valence-corrected chi connectivity index (χ1v) is 8.68. The molecule has 4 nitrogen and oxygen atoms in total. The zero-order valence-corrected chi connectivity index (χ0v) is 15.0. The van der Waals surface area contributed by atoms with Crippen LogP contribution in [0.1, 0.15) is 34.6 Å². The lowest BCUT2D eigenvalue weighted by atomic mass is 9.83. The molecular weight excluding hydrogens is 314 g/mol. The van der Waals surface area contributed by atoms with E-state index in [0.29, 0.717) is 6.54 Å². The van der Waals surface area contributed by atoms with Crippen LogP contribution in [0.4, 0.5) is 4.79 Å². The zero-order chi connectivity index (χ0) is 17.8. The third-order valence-electron chi connectivity index (χ3n) is 4.83. The van der Waals surface area contributed by atoms with Crippen molar-refractivity contribution in [1.29, 1.82) is 0 Å². The number of carbonyl (C=O) groups excluding carboxylic acids is 1. The fraction of sp³-hybridized carbons (Fsp3) is 0.381. The van der Waals surface area contributed by atoms with Gasteiger partial charge in [-0.2, -0.15) is 0 Å². The summed E-state index contributed by atoms with van der Waals surface area (Å²) in [6, 6.07) is 17.6. The molecule has 3 rings (SSSR count). The number of aryl methyl sites for hydroxylation is 2. The summed E-state index contributed by atoms with van der Waals surface area (Å²) < 4.78 is 9.94. The van der Waals surface area contributed by atoms with E-state index in [9.17, 15) is 4.79 Å². The van der Waals surface area contributed by atoms with E-state index in [1.807, 2.05) is 0 Å². The maximum Gasteiger partial charge on any atom is 0.508 e. The molecule has 0 amide bonds. The third kappa shape index (κ3) is 4.20. The fourth-order valence-corrected chi connectivity index (χ4v) is 3.47. The van der Waals surface area contributed by atoms with Gasteiger partial charge in [0, 0.05) is 24.9 Å². The minimum Gasteiger partial charge on any atom is -0.438 e. The number of benzene rings is 2. The smallest absolute Gasteiger partial charge is 0.438 e. The number of carbonyl (C=O) groups is 1. The highest BCUT2D eigenvalue weighted by Crippen LogP contribution is 2.33. The summed E-state index contributed by atoms with van der Waals surface area (Å²) in [5, 5.41) is 3.53. The minimum absolute atomic E-state index is 0.157. The largest absolute Gasteiger partial charge is 0.508 e. The number of ether oxygens (including phenoxy) is 2. The number of hydrogen-bond acceptors (Lipinski definition) is 4. The van der Waals surface area contributed by atoms with E-state index in [2.05, 4.69) is 72.4 Å². The van der Waals surface area contributed by atoms with Gasteiger partial charge >= 0.3 is 6.16 Å². The molecule has 0 aromatic heterocycles. The van der Waals surface area contributed by atoms with Crippen LogP contribution in [0.2, 0.25) is 0 Å². The summed E-state index contributed by atoms with van der Waals surface area (Å²) in [7, 11) is 1.34. The van der Waals surface area contributed by atoms with Gasteiger partial charge < -0.3 is 14.8 Å². The molecule has 0 bridgehead atoms. The Morgan fingerprint density at radius 1 is 1.00 bits per heavy atom. The van der Waals surface area contributed by atoms with Crippen LogP contribution < -0.4 is 5.32 Å². The van der Waals surface area contributed by atoms with Gasteiger partial charge in [-0.3, -0.25) is 0 Å². The van der Waals surface area contributed by atoms with Crippen LogP contribution in [0.3, 0.4) is 0 Å². The Hall–Kier alpha value is -2.33. The molecule has 0 radical (unpaired) electrons. The molecule has 1 heterocycles. The predicted octanol–water partition coefficient (Wildman–Crippen LogP) is 3.95. The zero-order valence-electron chi connectivity index (χ0n) is 15.0. The summed E-state index contributed by atoms with van der Waals surface area (Å²) in [6.07, 6.45) is -0.00727. The lowest BCUT2D eigenvalue weighted by molar-refractivity contribution is 0.0430. The van der Waals surface area contributed by atoms with Gasteiger partial charge in [-0.1, -0.05) is 59.7 Å². The number of rotatable bonds is 4. The van der Waals surface area contributed by atoms with E-state index in [-0.39, 0.29) is 18.1 Å². The molecule has 2 aromatic carbocycles. The summed E-state index contributed by atoms with van der Waals surface area (Å²) in [5.41, 5.74) is 5.03. The first-order chi connectivity index (χ1) is 12.1. The molecule has 1 aliphatic heterocycles. The molecule has 1 fully saturated rings. The van der Waals surface area contributed by atoms with Gasteiger partial charge in [-0.25, -0.2) is 4.79 Å². The van der Waals surface area contributed by atoms with Crippen LogP contribution in [0.15, 0.2) is 48.5 Å². The first kappa shape index (κ1) is 17.5. The Morgan fingerprint density at radius 2 is 1.52 bits per heavy atom. The second-order valence-electron chi connectivity index (χ2n) is 6.74. The number of methoxy groups -OCH3 is 1. The van der Waals surface area contributed by atoms with Gasteiger partial charge in [0.25, 0.3) is 0 Å². The van der Waals surface area contributed by atoms with Crippen molar-refractivity contribution in [1.82, 2.24) is 5.32 Å². The fourth-order valence-electron chi connectivity index (χ4n) is 3.47. The lowest BCUT2D eigenvalue weighted by Crippen LogP contribution is -2.29. The Kier molecular flexibility index (Phi) is 5.39. The molecule has 132 valence electrons. The summed E-state index contributed by atoms with van der Waals surface area (Å²) in [4.78, 5) is 11.4. The second-order valence-corrected chi connectivity index (χ2v) is 6.74. The van der Waals surface area contributed by atoms with Gasteiger partial charge in [0.15, 0.2) is 0 Å². The van der Waals surface area contributed by atoms with Crippen LogP contribution >= 0.6 is 0 Å². The average molecular weight is 339 g/mol. The van der Waals surface area contributed by atoms with Crippen LogP contribution in [0.5, 0.6) is 0 Å². The number of hydrogen-bond donors (Lipinski definition) is 1. The van der Waals surface area contributed by atoms with Crippen molar-refractivity contribution in [3.05, 3.63) is 70.8 Å². The standard InChI is InChI=1S/C21H25NO3/c1-14-4-8-16(9-5-14)20(17-10-6-15(2)7-11-17)19-12-18(13-22-19)25-21(23)24-3/h4-11,18-20,22H,12-13H2,1-3H3/t18-,19?/m1/s1. The van der Waals surface area contributed by atoms with E-state index in [4.69, 9.17) is 4.74 Å². The van der Waals surface area contributed by atoms with Crippen molar-refractivity contribution in [2.75, 3.05) is 13.7 Å². The molecule has 1 unspecified atom stereocenters. The summed E-state index contributed by atoms with van der Waals surface area (Å²) in [6.45, 7) is 4.84. The molecule has 1 N–H and O–H groups in total. The van der Waals surface area contributed by atoms with Gasteiger partial charge in [-0.05, 0) is 25.0 Å².